The van der Waals surface area contributed by atoms with Gasteiger partial charge in [0.2, 0.25) is 11.8 Å². The van der Waals surface area contributed by atoms with E-state index in [0.29, 0.717) is 17.2 Å². The number of hydrogen-bond acceptors (Lipinski definition) is 9. The molecule has 1 aromatic heterocycles. The van der Waals surface area contributed by atoms with Crippen LogP contribution in [0.2, 0.25) is 5.02 Å². The van der Waals surface area contributed by atoms with E-state index < -0.39 is 4.92 Å². The predicted molar refractivity (Wildman–Crippen MR) is 126 cm³/mol. The third-order valence-corrected chi connectivity index (χ3v) is 5.53. The molecular weight excluding hydrogens is 448 g/mol. The fourth-order valence-corrected chi connectivity index (χ4v) is 3.53. The van der Waals surface area contributed by atoms with Gasteiger partial charge in [-0.15, -0.1) is 0 Å². The number of nitro benzene ring substituents is 1. The highest BCUT2D eigenvalue weighted by Gasteiger charge is 2.17. The molecule has 0 aliphatic carbocycles. The zero-order chi connectivity index (χ0) is 23.4. The SMILES string of the molecule is COc1cc(N2CCN(C)CC2)ccc1Nc1ncc(Cl)c(Oc2ccc([N+](=O)[O-])cc2)n1. The van der Waals surface area contributed by atoms with Crippen LogP contribution in [0.4, 0.5) is 23.0 Å². The lowest BCUT2D eigenvalue weighted by molar-refractivity contribution is -0.384. The van der Waals surface area contributed by atoms with Gasteiger partial charge in [-0.3, -0.25) is 10.1 Å². The number of methoxy groups -OCH3 is 1. The first kappa shape index (κ1) is 22.6. The van der Waals surface area contributed by atoms with Crippen molar-refractivity contribution in [1.82, 2.24) is 14.9 Å². The molecule has 172 valence electrons. The molecule has 0 bridgehead atoms. The summed E-state index contributed by atoms with van der Waals surface area (Å²) in [6, 6.07) is 11.6. The Hall–Kier alpha value is -3.63. The molecule has 2 aromatic carbocycles. The quantitative estimate of drug-likeness (QED) is 0.398. The predicted octanol–water partition coefficient (Wildman–Crippen LogP) is 4.33. The van der Waals surface area contributed by atoms with Crippen molar-refractivity contribution in [1.29, 1.82) is 0 Å². The van der Waals surface area contributed by atoms with Crippen LogP contribution in [0.1, 0.15) is 0 Å². The van der Waals surface area contributed by atoms with Gasteiger partial charge in [0.1, 0.15) is 16.5 Å². The number of nitro groups is 1. The lowest BCUT2D eigenvalue weighted by Gasteiger charge is -2.34. The Kier molecular flexibility index (Phi) is 6.76. The minimum absolute atomic E-state index is 0.0365. The summed E-state index contributed by atoms with van der Waals surface area (Å²) >= 11 is 6.19. The molecule has 4 rings (SSSR count). The third-order valence-electron chi connectivity index (χ3n) is 5.27. The minimum Gasteiger partial charge on any atom is -0.494 e. The Bertz CT molecular complexity index is 1140. The average molecular weight is 471 g/mol. The highest BCUT2D eigenvalue weighted by Crippen LogP contribution is 2.33. The molecular formula is C22H23ClN6O4. The van der Waals surface area contributed by atoms with Gasteiger partial charge in [-0.1, -0.05) is 11.6 Å². The van der Waals surface area contributed by atoms with E-state index in [0.717, 1.165) is 31.9 Å². The third kappa shape index (κ3) is 5.41. The lowest BCUT2D eigenvalue weighted by Crippen LogP contribution is -2.44. The molecule has 1 aliphatic heterocycles. The van der Waals surface area contributed by atoms with Crippen LogP contribution in [0.15, 0.2) is 48.7 Å². The molecule has 1 aliphatic rings. The molecule has 0 radical (unpaired) electrons. The van der Waals surface area contributed by atoms with E-state index in [1.165, 1.54) is 30.5 Å². The number of anilines is 3. The van der Waals surface area contributed by atoms with Crippen LogP contribution < -0.4 is 19.7 Å². The normalized spacial score (nSPS) is 14.1. The Balaban J connectivity index is 1.51. The maximum atomic E-state index is 10.8. The van der Waals surface area contributed by atoms with E-state index in [-0.39, 0.29) is 22.5 Å². The second-order valence-corrected chi connectivity index (χ2v) is 7.91. The summed E-state index contributed by atoms with van der Waals surface area (Å²) in [5.41, 5.74) is 1.74. The molecule has 1 fully saturated rings. The maximum absolute atomic E-state index is 10.8. The van der Waals surface area contributed by atoms with Crippen LogP contribution in [0.3, 0.4) is 0 Å². The molecule has 0 spiro atoms. The summed E-state index contributed by atoms with van der Waals surface area (Å²) in [6.07, 6.45) is 1.42. The second-order valence-electron chi connectivity index (χ2n) is 7.50. The van der Waals surface area contributed by atoms with Gasteiger partial charge in [-0.05, 0) is 31.3 Å². The molecule has 10 nitrogen and oxygen atoms in total. The van der Waals surface area contributed by atoms with E-state index in [1.54, 1.807) is 7.11 Å². The first-order chi connectivity index (χ1) is 15.9. The van der Waals surface area contributed by atoms with Crippen molar-refractivity contribution in [3.8, 4) is 17.4 Å². The van der Waals surface area contributed by atoms with Crippen LogP contribution in [0.5, 0.6) is 17.4 Å². The number of benzene rings is 2. The molecule has 0 amide bonds. The highest BCUT2D eigenvalue weighted by atomic mass is 35.5. The first-order valence-corrected chi connectivity index (χ1v) is 10.6. The standard InChI is InChI=1S/C22H23ClN6O4/c1-27-9-11-28(12-10-27)16-5-8-19(20(13-16)32-2)25-22-24-14-18(23)21(26-22)33-17-6-3-15(4-7-17)29(30)31/h3-8,13-14H,9-12H2,1-2H3,(H,24,25,26). The molecule has 3 aromatic rings. The molecule has 0 atom stereocenters. The number of hydrogen-bond donors (Lipinski definition) is 1. The van der Waals surface area contributed by atoms with Crippen molar-refractivity contribution in [3.05, 3.63) is 63.8 Å². The molecule has 1 N–H and O–H groups in total. The van der Waals surface area contributed by atoms with Crippen molar-refractivity contribution in [2.45, 2.75) is 0 Å². The average Bonchev–Trinajstić information content (AvgIpc) is 2.82. The van der Waals surface area contributed by atoms with Crippen molar-refractivity contribution in [2.24, 2.45) is 0 Å². The van der Waals surface area contributed by atoms with Crippen LogP contribution in [-0.2, 0) is 0 Å². The summed E-state index contributed by atoms with van der Waals surface area (Å²) < 4.78 is 11.3. The number of aromatic nitrogens is 2. The number of rotatable bonds is 7. The van der Waals surface area contributed by atoms with Crippen molar-refractivity contribution in [2.75, 3.05) is 50.6 Å². The van der Waals surface area contributed by atoms with E-state index >= 15 is 0 Å². The zero-order valence-electron chi connectivity index (χ0n) is 18.2. The number of halogens is 1. The van der Waals surface area contributed by atoms with Gasteiger partial charge < -0.3 is 24.6 Å². The smallest absolute Gasteiger partial charge is 0.269 e. The molecule has 11 heteroatoms. The molecule has 1 saturated heterocycles. The van der Waals surface area contributed by atoms with Gasteiger partial charge in [0.15, 0.2) is 0 Å². The molecule has 2 heterocycles. The fraction of sp³-hybridized carbons (Fsp3) is 0.273. The lowest BCUT2D eigenvalue weighted by atomic mass is 10.2. The highest BCUT2D eigenvalue weighted by molar-refractivity contribution is 6.31. The van der Waals surface area contributed by atoms with Gasteiger partial charge in [0.05, 0.1) is 23.9 Å². The van der Waals surface area contributed by atoms with Crippen LogP contribution in [0, 0.1) is 10.1 Å². The Morgan fingerprint density at radius 1 is 1.12 bits per heavy atom. The number of piperazine rings is 1. The van der Waals surface area contributed by atoms with E-state index in [1.807, 2.05) is 18.2 Å². The monoisotopic (exact) mass is 470 g/mol. The zero-order valence-corrected chi connectivity index (χ0v) is 19.0. The van der Waals surface area contributed by atoms with Gasteiger partial charge in [-0.2, -0.15) is 4.98 Å². The van der Waals surface area contributed by atoms with Gasteiger partial charge in [-0.25, -0.2) is 4.98 Å². The van der Waals surface area contributed by atoms with E-state index in [2.05, 4.69) is 32.1 Å². The van der Waals surface area contributed by atoms with Gasteiger partial charge in [0.25, 0.3) is 5.69 Å². The molecule has 0 saturated carbocycles. The Morgan fingerprint density at radius 3 is 2.52 bits per heavy atom. The van der Waals surface area contributed by atoms with Crippen LogP contribution >= 0.6 is 11.6 Å². The van der Waals surface area contributed by atoms with Gasteiger partial charge >= 0.3 is 0 Å². The molecule has 33 heavy (non-hydrogen) atoms. The van der Waals surface area contributed by atoms with Crippen LogP contribution in [0.25, 0.3) is 0 Å². The van der Waals surface area contributed by atoms with Crippen LogP contribution in [-0.4, -0.2) is 60.1 Å². The number of non-ortho nitro benzene ring substituents is 1. The Morgan fingerprint density at radius 2 is 1.85 bits per heavy atom. The topological polar surface area (TPSA) is 106 Å². The maximum Gasteiger partial charge on any atom is 0.269 e. The summed E-state index contributed by atoms with van der Waals surface area (Å²) in [5.74, 6) is 1.40. The summed E-state index contributed by atoms with van der Waals surface area (Å²) in [4.78, 5) is 23.5. The van der Waals surface area contributed by atoms with E-state index in [4.69, 9.17) is 21.1 Å². The molecule has 0 unspecified atom stereocenters. The number of nitrogens with zero attached hydrogens (tertiary/aromatic N) is 5. The van der Waals surface area contributed by atoms with E-state index in [9.17, 15) is 10.1 Å². The van der Waals surface area contributed by atoms with Crippen molar-refractivity contribution in [3.63, 3.8) is 0 Å². The van der Waals surface area contributed by atoms with Crippen molar-refractivity contribution >= 4 is 34.6 Å². The largest absolute Gasteiger partial charge is 0.494 e. The van der Waals surface area contributed by atoms with Crippen molar-refractivity contribution < 1.29 is 14.4 Å². The number of nitrogens with one attached hydrogen (secondary N) is 1. The second kappa shape index (κ2) is 9.88. The summed E-state index contributed by atoms with van der Waals surface area (Å²) in [7, 11) is 3.73. The first-order valence-electron chi connectivity index (χ1n) is 10.3. The fourth-order valence-electron chi connectivity index (χ4n) is 3.40. The minimum atomic E-state index is -0.480. The number of likely N-dealkylation sites (N-methyl/N-ethyl adjacent to an activating group) is 1. The van der Waals surface area contributed by atoms with Gasteiger partial charge in [0, 0.05) is 50.1 Å². The summed E-state index contributed by atoms with van der Waals surface area (Å²) in [5, 5.41) is 14.2. The summed E-state index contributed by atoms with van der Waals surface area (Å²) in [6.45, 7) is 3.93. The number of ether oxygens (including phenoxy) is 2. The Labute approximate surface area is 195 Å².